The zero-order chi connectivity index (χ0) is 18.3. The molecule has 2 amide bonds. The lowest BCUT2D eigenvalue weighted by Gasteiger charge is -2.18. The number of carbonyl (C=O) groups is 2. The summed E-state index contributed by atoms with van der Waals surface area (Å²) in [6.45, 7) is -0.0254. The van der Waals surface area contributed by atoms with Crippen molar-refractivity contribution in [2.24, 2.45) is 7.05 Å². The number of rotatable bonds is 3. The molecule has 0 spiro atoms. The Morgan fingerprint density at radius 1 is 1.38 bits per heavy atom. The van der Waals surface area contributed by atoms with Crippen LogP contribution in [0.25, 0.3) is 11.2 Å². The second kappa shape index (κ2) is 5.99. The van der Waals surface area contributed by atoms with Crippen molar-refractivity contribution >= 4 is 34.6 Å². The number of carbonyl (C=O) groups excluding carboxylic acids is 2. The fourth-order valence-corrected chi connectivity index (χ4v) is 2.68. The number of nitrogens with zero attached hydrogens (tertiary/aromatic N) is 3. The Morgan fingerprint density at radius 2 is 2.23 bits per heavy atom. The van der Waals surface area contributed by atoms with Crippen molar-refractivity contribution in [3.05, 3.63) is 40.4 Å². The third kappa shape index (κ3) is 2.88. The molecule has 0 unspecified atom stereocenters. The summed E-state index contributed by atoms with van der Waals surface area (Å²) in [5.41, 5.74) is 1.35. The fraction of sp³-hybridized carbons (Fsp3) is 0.188. The smallest absolute Gasteiger partial charge is 0.280 e. The van der Waals surface area contributed by atoms with E-state index >= 15 is 0 Å². The first-order valence-electron chi connectivity index (χ1n) is 7.76. The normalized spacial score (nSPS) is 13.0. The van der Waals surface area contributed by atoms with Gasteiger partial charge in [-0.05, 0) is 17.7 Å². The number of aromatic nitrogens is 4. The maximum atomic E-state index is 12.3. The number of imidazole rings is 1. The average molecular weight is 354 g/mol. The van der Waals surface area contributed by atoms with Crippen molar-refractivity contribution < 1.29 is 14.3 Å². The van der Waals surface area contributed by atoms with Crippen LogP contribution in [0, 0.1) is 0 Å². The first-order chi connectivity index (χ1) is 12.5. The van der Waals surface area contributed by atoms with Crippen LogP contribution in [0.2, 0.25) is 0 Å². The number of ether oxygens (including phenoxy) is 1. The fourth-order valence-electron chi connectivity index (χ4n) is 2.68. The highest BCUT2D eigenvalue weighted by Crippen LogP contribution is 2.28. The lowest BCUT2D eigenvalue weighted by molar-refractivity contribution is -0.118. The molecule has 1 aromatic carbocycles. The van der Waals surface area contributed by atoms with Crippen LogP contribution in [0.5, 0.6) is 5.75 Å². The van der Waals surface area contributed by atoms with E-state index in [1.54, 1.807) is 29.8 Å². The highest BCUT2D eigenvalue weighted by Gasteiger charge is 2.17. The minimum atomic E-state index is -0.431. The molecule has 3 heterocycles. The number of fused-ring (bicyclic) bond motifs is 2. The van der Waals surface area contributed by atoms with E-state index in [1.807, 2.05) is 0 Å². The number of amides is 2. The third-order valence-corrected chi connectivity index (χ3v) is 3.87. The van der Waals surface area contributed by atoms with Gasteiger partial charge in [-0.3, -0.25) is 24.7 Å². The predicted molar refractivity (Wildman–Crippen MR) is 92.0 cm³/mol. The van der Waals surface area contributed by atoms with Crippen LogP contribution in [0.3, 0.4) is 0 Å². The van der Waals surface area contributed by atoms with Gasteiger partial charge in [0.05, 0.1) is 18.4 Å². The van der Waals surface area contributed by atoms with Gasteiger partial charge in [0.2, 0.25) is 11.9 Å². The molecule has 10 heteroatoms. The van der Waals surface area contributed by atoms with Gasteiger partial charge < -0.3 is 14.6 Å². The summed E-state index contributed by atoms with van der Waals surface area (Å²) in [4.78, 5) is 46.2. The number of hydrogen-bond donors (Lipinski definition) is 3. The molecule has 3 N–H and O–H groups in total. The molecule has 0 saturated carbocycles. The topological polar surface area (TPSA) is 131 Å². The van der Waals surface area contributed by atoms with Crippen molar-refractivity contribution in [1.82, 2.24) is 19.5 Å². The molecule has 0 atom stereocenters. The molecule has 1 aliphatic rings. The van der Waals surface area contributed by atoms with Crippen LogP contribution in [0.1, 0.15) is 5.56 Å². The van der Waals surface area contributed by atoms with Gasteiger partial charge in [-0.2, -0.15) is 4.98 Å². The Labute approximate surface area is 146 Å². The molecule has 0 bridgehead atoms. The van der Waals surface area contributed by atoms with Crippen molar-refractivity contribution in [2.45, 2.75) is 6.42 Å². The number of anilines is 2. The first-order valence-corrected chi connectivity index (χ1v) is 7.76. The van der Waals surface area contributed by atoms with Gasteiger partial charge in [-0.25, -0.2) is 4.98 Å². The molecule has 3 aromatic rings. The first kappa shape index (κ1) is 15.8. The number of H-pyrrole nitrogens is 1. The van der Waals surface area contributed by atoms with Crippen LogP contribution in [-0.4, -0.2) is 37.9 Å². The van der Waals surface area contributed by atoms with Gasteiger partial charge in [-0.1, -0.05) is 6.07 Å². The van der Waals surface area contributed by atoms with Crippen molar-refractivity contribution in [3.63, 3.8) is 0 Å². The van der Waals surface area contributed by atoms with Crippen LogP contribution in [-0.2, 0) is 23.1 Å². The van der Waals surface area contributed by atoms with E-state index in [2.05, 4.69) is 25.6 Å². The molecule has 1 aliphatic heterocycles. The summed E-state index contributed by atoms with van der Waals surface area (Å²) in [5.74, 6) is -0.00450. The van der Waals surface area contributed by atoms with Gasteiger partial charge in [0.25, 0.3) is 11.5 Å². The molecule has 10 nitrogen and oxygen atoms in total. The Morgan fingerprint density at radius 3 is 3.08 bits per heavy atom. The molecule has 4 rings (SSSR count). The van der Waals surface area contributed by atoms with E-state index in [4.69, 9.17) is 4.74 Å². The summed E-state index contributed by atoms with van der Waals surface area (Å²) < 4.78 is 6.87. The second-order valence-electron chi connectivity index (χ2n) is 5.83. The number of hydrogen-bond acceptors (Lipinski definition) is 6. The average Bonchev–Trinajstić information content (AvgIpc) is 2.96. The lowest BCUT2D eigenvalue weighted by Crippen LogP contribution is -2.25. The molecular weight excluding hydrogens is 340 g/mol. The van der Waals surface area contributed by atoms with Gasteiger partial charge in [0.1, 0.15) is 5.75 Å². The molecule has 0 fully saturated rings. The zero-order valence-electron chi connectivity index (χ0n) is 13.7. The zero-order valence-corrected chi connectivity index (χ0v) is 13.7. The van der Waals surface area contributed by atoms with E-state index in [9.17, 15) is 14.4 Å². The Hall–Kier alpha value is -3.69. The largest absolute Gasteiger partial charge is 0.482 e. The van der Waals surface area contributed by atoms with E-state index in [0.717, 1.165) is 0 Å². The molecule has 26 heavy (non-hydrogen) atoms. The standard InChI is InChI=1S/C16H14N6O4/c1-22-7-17-13-14(22)20-16(21-15(13)25)19-11(23)5-8-2-3-10-9(4-8)18-12(24)6-26-10/h2-4,7H,5-6H2,1H3,(H,18,24)(H2,19,20,21,23,25). The van der Waals surface area contributed by atoms with Gasteiger partial charge in [0, 0.05) is 7.05 Å². The van der Waals surface area contributed by atoms with Crippen molar-refractivity contribution in [3.8, 4) is 5.75 Å². The maximum Gasteiger partial charge on any atom is 0.280 e. The maximum absolute atomic E-state index is 12.3. The Balaban J connectivity index is 1.52. The number of aryl methyl sites for hydroxylation is 1. The number of aromatic amines is 1. The monoisotopic (exact) mass is 354 g/mol. The SMILES string of the molecule is Cn1cnc2c(=O)[nH]c(NC(=O)Cc3ccc4c(c3)NC(=O)CO4)nc21. The summed E-state index contributed by atoms with van der Waals surface area (Å²) in [6.07, 6.45) is 1.51. The van der Waals surface area contributed by atoms with Gasteiger partial charge >= 0.3 is 0 Å². The number of nitrogens with one attached hydrogen (secondary N) is 3. The van der Waals surface area contributed by atoms with E-state index in [0.29, 0.717) is 22.6 Å². The summed E-state index contributed by atoms with van der Waals surface area (Å²) in [7, 11) is 1.71. The van der Waals surface area contributed by atoms with Crippen molar-refractivity contribution in [1.29, 1.82) is 0 Å². The van der Waals surface area contributed by atoms with Gasteiger partial charge in [-0.15, -0.1) is 0 Å². The lowest BCUT2D eigenvalue weighted by atomic mass is 10.1. The number of benzene rings is 1. The Bertz CT molecular complexity index is 1100. The predicted octanol–water partition coefficient (Wildman–Crippen LogP) is 0.169. The van der Waals surface area contributed by atoms with Gasteiger partial charge in [0.15, 0.2) is 17.8 Å². The van der Waals surface area contributed by atoms with Crippen LogP contribution >= 0.6 is 0 Å². The second-order valence-corrected chi connectivity index (χ2v) is 5.83. The molecule has 2 aromatic heterocycles. The summed E-state index contributed by atoms with van der Waals surface area (Å²) in [5, 5.41) is 5.25. The highest BCUT2D eigenvalue weighted by atomic mass is 16.5. The highest BCUT2D eigenvalue weighted by molar-refractivity contribution is 5.96. The Kier molecular flexibility index (Phi) is 3.64. The van der Waals surface area contributed by atoms with Crippen LogP contribution in [0.15, 0.2) is 29.3 Å². The molecule has 0 saturated heterocycles. The minimum absolute atomic E-state index is 0.0254. The molecule has 132 valence electrons. The molecule has 0 radical (unpaired) electrons. The molecule has 0 aliphatic carbocycles. The summed E-state index contributed by atoms with van der Waals surface area (Å²) in [6, 6.07) is 5.10. The molecular formula is C16H14N6O4. The van der Waals surface area contributed by atoms with Crippen LogP contribution < -0.4 is 20.9 Å². The van der Waals surface area contributed by atoms with Crippen molar-refractivity contribution in [2.75, 3.05) is 17.2 Å². The minimum Gasteiger partial charge on any atom is -0.482 e. The van der Waals surface area contributed by atoms with E-state index < -0.39 is 5.56 Å². The van der Waals surface area contributed by atoms with E-state index in [-0.39, 0.29) is 36.3 Å². The quantitative estimate of drug-likeness (QED) is 0.614. The third-order valence-electron chi connectivity index (χ3n) is 3.87. The summed E-state index contributed by atoms with van der Waals surface area (Å²) >= 11 is 0. The van der Waals surface area contributed by atoms with E-state index in [1.165, 1.54) is 6.33 Å². The van der Waals surface area contributed by atoms with Crippen LogP contribution in [0.4, 0.5) is 11.6 Å².